The first-order chi connectivity index (χ1) is 8.05. The predicted octanol–water partition coefficient (Wildman–Crippen LogP) is 1.91. The summed E-state index contributed by atoms with van der Waals surface area (Å²) in [5, 5.41) is 1.63. The maximum atomic E-state index is 6.16. The molecule has 2 aliphatic heterocycles. The number of nitrogens with two attached hydrogens (primary N) is 1. The van der Waals surface area contributed by atoms with Crippen molar-refractivity contribution >= 4 is 0 Å². The molecule has 0 amide bonds. The first-order valence-corrected chi connectivity index (χ1v) is 5.74. The topological polar surface area (TPSA) is 50.8 Å². The van der Waals surface area contributed by atoms with Crippen LogP contribution in [0.1, 0.15) is 18.9 Å². The summed E-state index contributed by atoms with van der Waals surface area (Å²) in [7, 11) is 0. The summed E-state index contributed by atoms with van der Waals surface area (Å²) in [6, 6.07) is 7.92. The Morgan fingerprint density at radius 2 is 2.18 bits per heavy atom. The van der Waals surface area contributed by atoms with Gasteiger partial charge in [-0.15, -0.1) is 0 Å². The van der Waals surface area contributed by atoms with Crippen LogP contribution in [0.5, 0.6) is 5.75 Å². The van der Waals surface area contributed by atoms with Gasteiger partial charge in [0, 0.05) is 12.6 Å². The summed E-state index contributed by atoms with van der Waals surface area (Å²) >= 11 is 0. The van der Waals surface area contributed by atoms with E-state index in [-0.39, 0.29) is 0 Å². The lowest BCUT2D eigenvalue weighted by molar-refractivity contribution is 0.00373. The highest BCUT2D eigenvalue weighted by atomic mass is 16.9. The quantitative estimate of drug-likeness (QED) is 0.791. The fraction of sp³-hybridized carbons (Fsp3) is 0.385. The third kappa shape index (κ3) is 1.45. The van der Waals surface area contributed by atoms with Crippen LogP contribution in [0.4, 0.5) is 0 Å². The Morgan fingerprint density at radius 1 is 1.41 bits per heavy atom. The molecule has 3 rings (SSSR count). The number of hydrogen-bond acceptors (Lipinski definition) is 4. The van der Waals surface area contributed by atoms with E-state index in [0.29, 0.717) is 0 Å². The van der Waals surface area contributed by atoms with E-state index in [4.69, 9.17) is 15.3 Å². The summed E-state index contributed by atoms with van der Waals surface area (Å²) in [5.41, 5.74) is 6.69. The van der Waals surface area contributed by atoms with Crippen LogP contribution < -0.4 is 10.5 Å². The van der Waals surface area contributed by atoms with Gasteiger partial charge in [-0.05, 0) is 25.5 Å². The van der Waals surface area contributed by atoms with Gasteiger partial charge >= 0.3 is 0 Å². The van der Waals surface area contributed by atoms with E-state index in [9.17, 15) is 0 Å². The Balaban J connectivity index is 1.90. The summed E-state index contributed by atoms with van der Waals surface area (Å²) in [6.45, 7) is 4.00. The average Bonchev–Trinajstić information content (AvgIpc) is 2.96. The van der Waals surface area contributed by atoms with Gasteiger partial charge in [0.25, 0.3) is 5.85 Å². The van der Waals surface area contributed by atoms with Gasteiger partial charge in [-0.1, -0.05) is 24.3 Å². The Kier molecular flexibility index (Phi) is 2.03. The molecule has 1 fully saturated rings. The van der Waals surface area contributed by atoms with Crippen molar-refractivity contribution in [2.75, 3.05) is 0 Å². The number of para-hydroxylation sites is 1. The molecule has 0 saturated carbocycles. The highest BCUT2D eigenvalue weighted by Gasteiger charge is 2.67. The number of aryl methyl sites for hydroxylation is 1. The number of rotatable bonds is 2. The second kappa shape index (κ2) is 3.24. The van der Waals surface area contributed by atoms with Gasteiger partial charge < -0.3 is 4.74 Å². The van der Waals surface area contributed by atoms with Crippen LogP contribution in [0.2, 0.25) is 0 Å². The lowest BCUT2D eigenvalue weighted by atomic mass is 9.94. The van der Waals surface area contributed by atoms with E-state index >= 15 is 0 Å². The molecule has 2 N–H and O–H groups in total. The largest absolute Gasteiger partial charge is 0.480 e. The molecule has 0 spiro atoms. The van der Waals surface area contributed by atoms with Gasteiger partial charge in [0.1, 0.15) is 5.75 Å². The highest BCUT2D eigenvalue weighted by molar-refractivity contribution is 5.33. The fourth-order valence-electron chi connectivity index (χ4n) is 2.15. The predicted molar refractivity (Wildman–Crippen MR) is 63.8 cm³/mol. The van der Waals surface area contributed by atoms with Gasteiger partial charge in [0.2, 0.25) is 0 Å². The van der Waals surface area contributed by atoms with E-state index in [1.54, 1.807) is 5.06 Å². The molecule has 2 aliphatic rings. The number of nitrogens with zero attached hydrogens (tertiary/aromatic N) is 1. The van der Waals surface area contributed by atoms with Crippen molar-refractivity contribution in [1.82, 2.24) is 5.06 Å². The van der Waals surface area contributed by atoms with Gasteiger partial charge in [-0.2, -0.15) is 0 Å². The Bertz CT molecular complexity index is 488. The monoisotopic (exact) mass is 232 g/mol. The molecule has 1 aromatic carbocycles. The van der Waals surface area contributed by atoms with Crippen molar-refractivity contribution in [3.05, 3.63) is 42.1 Å². The molecule has 1 saturated heterocycles. The molecule has 2 heterocycles. The second-order valence-corrected chi connectivity index (χ2v) is 4.80. The van der Waals surface area contributed by atoms with Crippen LogP contribution in [-0.2, 0) is 4.84 Å². The van der Waals surface area contributed by atoms with E-state index in [1.165, 1.54) is 0 Å². The number of fused-ring (bicyclic) bond motifs is 1. The lowest BCUT2D eigenvalue weighted by Crippen LogP contribution is -2.56. The van der Waals surface area contributed by atoms with Gasteiger partial charge in [-0.25, -0.2) is 9.90 Å². The maximum Gasteiger partial charge on any atom is 0.282 e. The Morgan fingerprint density at radius 3 is 2.94 bits per heavy atom. The zero-order valence-electron chi connectivity index (χ0n) is 10.0. The molecule has 17 heavy (non-hydrogen) atoms. The Labute approximate surface area is 101 Å². The van der Waals surface area contributed by atoms with Crippen molar-refractivity contribution in [3.8, 4) is 5.75 Å². The zero-order chi connectivity index (χ0) is 12.1. The highest BCUT2D eigenvalue weighted by Crippen LogP contribution is 2.47. The lowest BCUT2D eigenvalue weighted by Gasteiger charge is -2.34. The fourth-order valence-corrected chi connectivity index (χ4v) is 2.15. The third-order valence-electron chi connectivity index (χ3n) is 3.47. The molecular formula is C13H16N2O2. The van der Waals surface area contributed by atoms with Gasteiger partial charge in [0.15, 0.2) is 5.60 Å². The van der Waals surface area contributed by atoms with Crippen molar-refractivity contribution in [3.63, 3.8) is 0 Å². The smallest absolute Gasteiger partial charge is 0.282 e. The third-order valence-corrected chi connectivity index (χ3v) is 3.47. The van der Waals surface area contributed by atoms with Gasteiger partial charge in [0.05, 0.1) is 0 Å². The molecule has 90 valence electrons. The standard InChI is InChI=1S/C13H16N2O2/c1-10-6-3-4-7-11(10)16-12(2)8-5-9-15-13(12,14)17-15/h3-7,9H,8,14H2,1-2H3. The summed E-state index contributed by atoms with van der Waals surface area (Å²) in [4.78, 5) is 5.39. The van der Waals surface area contributed by atoms with Crippen LogP contribution in [0.25, 0.3) is 0 Å². The summed E-state index contributed by atoms with van der Waals surface area (Å²) < 4.78 is 6.09. The first kappa shape index (κ1) is 10.6. The molecule has 4 nitrogen and oxygen atoms in total. The van der Waals surface area contributed by atoms with E-state index in [0.717, 1.165) is 17.7 Å². The van der Waals surface area contributed by atoms with E-state index in [2.05, 4.69) is 0 Å². The number of ether oxygens (including phenoxy) is 1. The van der Waals surface area contributed by atoms with Crippen molar-refractivity contribution in [2.45, 2.75) is 31.7 Å². The van der Waals surface area contributed by atoms with Crippen molar-refractivity contribution in [2.24, 2.45) is 5.73 Å². The Hall–Kier alpha value is -1.52. The molecule has 4 heteroatoms. The molecule has 0 aromatic heterocycles. The van der Waals surface area contributed by atoms with Crippen LogP contribution in [-0.4, -0.2) is 16.5 Å². The number of hydrogen-bond donors (Lipinski definition) is 1. The number of benzene rings is 1. The normalized spacial score (nSPS) is 34.4. The molecule has 0 radical (unpaired) electrons. The SMILES string of the molecule is Cc1ccccc1OC1(C)CC=CN2OC21N. The number of hydroxylamine groups is 2. The zero-order valence-corrected chi connectivity index (χ0v) is 10.0. The van der Waals surface area contributed by atoms with E-state index < -0.39 is 11.4 Å². The summed E-state index contributed by atoms with van der Waals surface area (Å²) in [5.74, 6) is 0.0231. The minimum Gasteiger partial charge on any atom is -0.480 e. The van der Waals surface area contributed by atoms with Crippen LogP contribution in [0.3, 0.4) is 0 Å². The van der Waals surface area contributed by atoms with Gasteiger partial charge in [-0.3, -0.25) is 5.73 Å². The molecule has 0 aliphatic carbocycles. The molecule has 2 unspecified atom stereocenters. The molecule has 2 atom stereocenters. The van der Waals surface area contributed by atoms with Crippen molar-refractivity contribution in [1.29, 1.82) is 0 Å². The minimum absolute atomic E-state index is 0.562. The minimum atomic E-state index is -0.829. The van der Waals surface area contributed by atoms with E-state index in [1.807, 2.05) is 50.4 Å². The van der Waals surface area contributed by atoms with Crippen molar-refractivity contribution < 1.29 is 9.57 Å². The summed E-state index contributed by atoms with van der Waals surface area (Å²) in [6.07, 6.45) is 4.59. The first-order valence-electron chi connectivity index (χ1n) is 5.74. The second-order valence-electron chi connectivity index (χ2n) is 4.80. The van der Waals surface area contributed by atoms with Crippen LogP contribution in [0, 0.1) is 6.92 Å². The maximum absolute atomic E-state index is 6.16. The molecule has 0 bridgehead atoms. The van der Waals surface area contributed by atoms with Crippen LogP contribution in [0.15, 0.2) is 36.5 Å². The molecular weight excluding hydrogens is 216 g/mol. The van der Waals surface area contributed by atoms with Crippen LogP contribution >= 0.6 is 0 Å². The average molecular weight is 232 g/mol. The molecule has 1 aromatic rings.